The smallest absolute Gasteiger partial charge is 0.0559 e. The van der Waals surface area contributed by atoms with E-state index in [1.54, 1.807) is 0 Å². The van der Waals surface area contributed by atoms with Gasteiger partial charge in [-0.3, -0.25) is 9.58 Å². The molecular formula is C15H28N4. The van der Waals surface area contributed by atoms with Crippen molar-refractivity contribution in [3.8, 4) is 0 Å². The van der Waals surface area contributed by atoms with Gasteiger partial charge < -0.3 is 5.32 Å². The molecule has 0 radical (unpaired) electrons. The maximum absolute atomic E-state index is 4.47. The Kier molecular flexibility index (Phi) is 5.40. The summed E-state index contributed by atoms with van der Waals surface area (Å²) in [6, 6.07) is 2.74. The summed E-state index contributed by atoms with van der Waals surface area (Å²) in [6.07, 6.45) is 5.82. The zero-order valence-electron chi connectivity index (χ0n) is 12.6. The fourth-order valence-corrected chi connectivity index (χ4v) is 3.45. The molecule has 108 valence electrons. The van der Waals surface area contributed by atoms with Gasteiger partial charge in [-0.15, -0.1) is 0 Å². The van der Waals surface area contributed by atoms with Crippen molar-refractivity contribution in [2.75, 3.05) is 26.7 Å². The van der Waals surface area contributed by atoms with Gasteiger partial charge in [-0.25, -0.2) is 0 Å². The van der Waals surface area contributed by atoms with Gasteiger partial charge in [-0.2, -0.15) is 5.10 Å². The van der Waals surface area contributed by atoms with Crippen LogP contribution in [0.3, 0.4) is 0 Å². The summed E-state index contributed by atoms with van der Waals surface area (Å²) in [5, 5.41) is 7.84. The van der Waals surface area contributed by atoms with Gasteiger partial charge in [0.15, 0.2) is 0 Å². The second kappa shape index (κ2) is 7.06. The van der Waals surface area contributed by atoms with E-state index in [1.165, 1.54) is 38.0 Å². The summed E-state index contributed by atoms with van der Waals surface area (Å²) in [5.74, 6) is 0.701. The molecule has 2 unspecified atom stereocenters. The summed E-state index contributed by atoms with van der Waals surface area (Å²) in [4.78, 5) is 2.66. The van der Waals surface area contributed by atoms with E-state index < -0.39 is 0 Å². The molecule has 0 aliphatic carbocycles. The van der Waals surface area contributed by atoms with E-state index in [9.17, 15) is 0 Å². The Hall–Kier alpha value is -0.870. The minimum atomic E-state index is 0.531. The molecule has 1 aliphatic rings. The average molecular weight is 264 g/mol. The zero-order chi connectivity index (χ0) is 13.7. The van der Waals surface area contributed by atoms with Crippen molar-refractivity contribution in [3.63, 3.8) is 0 Å². The van der Waals surface area contributed by atoms with E-state index in [-0.39, 0.29) is 0 Å². The third kappa shape index (κ3) is 3.18. The molecule has 19 heavy (non-hydrogen) atoms. The minimum Gasteiger partial charge on any atom is -0.319 e. The maximum atomic E-state index is 4.47. The Morgan fingerprint density at radius 1 is 1.42 bits per heavy atom. The van der Waals surface area contributed by atoms with Crippen LogP contribution in [0.1, 0.15) is 44.8 Å². The lowest BCUT2D eigenvalue weighted by atomic mass is 9.86. The molecule has 0 bridgehead atoms. The van der Waals surface area contributed by atoms with E-state index in [2.05, 4.69) is 47.0 Å². The van der Waals surface area contributed by atoms with E-state index in [4.69, 9.17) is 0 Å². The second-order valence-electron chi connectivity index (χ2n) is 5.51. The highest BCUT2D eigenvalue weighted by Crippen LogP contribution is 2.35. The monoisotopic (exact) mass is 264 g/mol. The molecule has 0 amide bonds. The van der Waals surface area contributed by atoms with Crippen LogP contribution in [0.25, 0.3) is 0 Å². The molecule has 4 nitrogen and oxygen atoms in total. The molecule has 2 atom stereocenters. The molecular weight excluding hydrogens is 236 g/mol. The number of nitrogens with one attached hydrogen (secondary N) is 1. The molecule has 2 heterocycles. The molecule has 0 spiro atoms. The molecule has 4 heteroatoms. The van der Waals surface area contributed by atoms with Crippen LogP contribution < -0.4 is 5.32 Å². The molecule has 0 saturated carbocycles. The molecule has 1 N–H and O–H groups in total. The first kappa shape index (κ1) is 14.5. The molecule has 1 aromatic heterocycles. The molecule has 2 rings (SSSR count). The highest BCUT2D eigenvalue weighted by Gasteiger charge is 2.33. The van der Waals surface area contributed by atoms with Gasteiger partial charge in [0.2, 0.25) is 0 Å². The molecule has 1 saturated heterocycles. The van der Waals surface area contributed by atoms with Crippen molar-refractivity contribution in [3.05, 3.63) is 18.0 Å². The summed E-state index contributed by atoms with van der Waals surface area (Å²) in [5.41, 5.74) is 1.40. The van der Waals surface area contributed by atoms with E-state index in [0.29, 0.717) is 12.0 Å². The van der Waals surface area contributed by atoms with Crippen LogP contribution in [0.4, 0.5) is 0 Å². The number of hydrogen-bond donors (Lipinski definition) is 1. The van der Waals surface area contributed by atoms with Crippen molar-refractivity contribution in [1.29, 1.82) is 0 Å². The van der Waals surface area contributed by atoms with Crippen molar-refractivity contribution < 1.29 is 0 Å². The lowest BCUT2D eigenvalue weighted by Crippen LogP contribution is -2.43. The van der Waals surface area contributed by atoms with Crippen molar-refractivity contribution in [2.24, 2.45) is 5.92 Å². The quantitative estimate of drug-likeness (QED) is 0.856. The van der Waals surface area contributed by atoms with Crippen LogP contribution in [0.2, 0.25) is 0 Å². The third-order valence-corrected chi connectivity index (χ3v) is 4.19. The van der Waals surface area contributed by atoms with Gasteiger partial charge in [0.05, 0.1) is 11.7 Å². The topological polar surface area (TPSA) is 33.1 Å². The normalized spacial score (nSPS) is 24.8. The second-order valence-corrected chi connectivity index (χ2v) is 5.51. The van der Waals surface area contributed by atoms with Gasteiger partial charge in [0.1, 0.15) is 0 Å². The number of likely N-dealkylation sites (tertiary alicyclic amines) is 1. The van der Waals surface area contributed by atoms with Crippen LogP contribution in [0, 0.1) is 5.92 Å². The Morgan fingerprint density at radius 3 is 2.95 bits per heavy atom. The molecule has 1 aromatic rings. The van der Waals surface area contributed by atoms with Gasteiger partial charge in [0, 0.05) is 12.7 Å². The van der Waals surface area contributed by atoms with Gasteiger partial charge >= 0.3 is 0 Å². The predicted octanol–water partition coefficient (Wildman–Crippen LogP) is 2.29. The fraction of sp³-hybridized carbons (Fsp3) is 0.800. The Morgan fingerprint density at radius 2 is 2.26 bits per heavy atom. The maximum Gasteiger partial charge on any atom is 0.0559 e. The van der Waals surface area contributed by atoms with E-state index >= 15 is 0 Å². The van der Waals surface area contributed by atoms with Gasteiger partial charge in [-0.05, 0) is 64.9 Å². The lowest BCUT2D eigenvalue weighted by Gasteiger charge is -2.41. The number of aromatic nitrogens is 2. The van der Waals surface area contributed by atoms with Crippen LogP contribution in [0.15, 0.2) is 12.3 Å². The third-order valence-electron chi connectivity index (χ3n) is 4.19. The first-order valence-corrected chi connectivity index (χ1v) is 7.72. The van der Waals surface area contributed by atoms with Gasteiger partial charge in [0.25, 0.3) is 0 Å². The van der Waals surface area contributed by atoms with E-state index in [1.807, 2.05) is 6.20 Å². The van der Waals surface area contributed by atoms with Gasteiger partial charge in [-0.1, -0.05) is 6.92 Å². The first-order valence-electron chi connectivity index (χ1n) is 7.72. The first-order chi connectivity index (χ1) is 9.31. The van der Waals surface area contributed by atoms with Crippen molar-refractivity contribution in [2.45, 2.75) is 45.7 Å². The Labute approximate surface area is 117 Å². The van der Waals surface area contributed by atoms with Crippen molar-refractivity contribution >= 4 is 0 Å². The standard InChI is InChI=1S/C15H28N4/c1-4-10-18-11-6-7-13(12-16-3)15(18)14-8-9-17-19(14)5-2/h8-9,13,15-16H,4-7,10-12H2,1-3H3. The Bertz CT molecular complexity index is 356. The van der Waals surface area contributed by atoms with Crippen LogP contribution in [-0.2, 0) is 6.54 Å². The minimum absolute atomic E-state index is 0.531. The van der Waals surface area contributed by atoms with Crippen LogP contribution in [0.5, 0.6) is 0 Å². The highest BCUT2D eigenvalue weighted by molar-refractivity contribution is 5.10. The summed E-state index contributed by atoms with van der Waals surface area (Å²) in [6.45, 7) is 8.94. The molecule has 0 aromatic carbocycles. The summed E-state index contributed by atoms with van der Waals surface area (Å²) in [7, 11) is 2.06. The zero-order valence-corrected chi connectivity index (χ0v) is 12.6. The number of piperidine rings is 1. The summed E-state index contributed by atoms with van der Waals surface area (Å²) < 4.78 is 2.17. The molecule has 1 aliphatic heterocycles. The molecule has 1 fully saturated rings. The summed E-state index contributed by atoms with van der Waals surface area (Å²) >= 11 is 0. The SMILES string of the molecule is CCCN1CCCC(CNC)C1c1ccnn1CC. The largest absolute Gasteiger partial charge is 0.319 e. The van der Waals surface area contributed by atoms with Crippen LogP contribution in [-0.4, -0.2) is 41.4 Å². The predicted molar refractivity (Wildman–Crippen MR) is 79.2 cm³/mol. The van der Waals surface area contributed by atoms with Crippen molar-refractivity contribution in [1.82, 2.24) is 20.0 Å². The number of aryl methyl sites for hydroxylation is 1. The lowest BCUT2D eigenvalue weighted by molar-refractivity contribution is 0.0859. The number of nitrogens with zero attached hydrogens (tertiary/aromatic N) is 3. The number of rotatable bonds is 6. The average Bonchev–Trinajstić information content (AvgIpc) is 2.88. The highest BCUT2D eigenvalue weighted by atomic mass is 15.3. The van der Waals surface area contributed by atoms with Crippen LogP contribution >= 0.6 is 0 Å². The number of hydrogen-bond acceptors (Lipinski definition) is 3. The van der Waals surface area contributed by atoms with E-state index in [0.717, 1.165) is 13.1 Å². The Balaban J connectivity index is 2.26. The fourth-order valence-electron chi connectivity index (χ4n) is 3.45.